The Bertz CT molecular complexity index is 772. The fourth-order valence-electron chi connectivity index (χ4n) is 2.31. The molecule has 0 fully saturated rings. The van der Waals surface area contributed by atoms with E-state index >= 15 is 0 Å². The van der Waals surface area contributed by atoms with Crippen LogP contribution in [0.15, 0.2) is 54.7 Å². The van der Waals surface area contributed by atoms with Gasteiger partial charge in [-0.1, -0.05) is 18.2 Å². The number of ether oxygens (including phenoxy) is 1. The van der Waals surface area contributed by atoms with E-state index in [1.165, 1.54) is 0 Å². The average molecular weight is 267 g/mol. The van der Waals surface area contributed by atoms with Gasteiger partial charge in [-0.25, -0.2) is 4.79 Å². The highest BCUT2D eigenvalue weighted by Crippen LogP contribution is 2.25. The van der Waals surface area contributed by atoms with E-state index < -0.39 is 5.97 Å². The first kappa shape index (κ1) is 12.3. The maximum atomic E-state index is 11.3. The van der Waals surface area contributed by atoms with E-state index in [0.29, 0.717) is 5.56 Å². The van der Waals surface area contributed by atoms with Crippen molar-refractivity contribution in [3.8, 4) is 11.4 Å². The zero-order valence-electron chi connectivity index (χ0n) is 10.9. The Morgan fingerprint density at radius 2 is 1.80 bits per heavy atom. The van der Waals surface area contributed by atoms with Crippen LogP contribution in [0, 0.1) is 0 Å². The van der Waals surface area contributed by atoms with Gasteiger partial charge in [-0.2, -0.15) is 0 Å². The van der Waals surface area contributed by atoms with Crippen molar-refractivity contribution < 1.29 is 14.6 Å². The van der Waals surface area contributed by atoms with Crippen molar-refractivity contribution in [2.24, 2.45) is 0 Å². The standard InChI is InChI=1S/C16H13NO3/c1-20-12-8-6-11(7-9-12)17-10-14(16(18)19)13-4-2-3-5-15(13)17/h2-10H,1H3,(H,18,19). The summed E-state index contributed by atoms with van der Waals surface area (Å²) in [5.41, 5.74) is 2.07. The van der Waals surface area contributed by atoms with Gasteiger partial charge in [-0.3, -0.25) is 0 Å². The van der Waals surface area contributed by atoms with Gasteiger partial charge >= 0.3 is 5.97 Å². The number of hydrogen-bond acceptors (Lipinski definition) is 2. The lowest BCUT2D eigenvalue weighted by molar-refractivity contribution is 0.0699. The van der Waals surface area contributed by atoms with E-state index in [9.17, 15) is 9.90 Å². The van der Waals surface area contributed by atoms with Gasteiger partial charge in [-0.15, -0.1) is 0 Å². The van der Waals surface area contributed by atoms with Crippen LogP contribution in [0.4, 0.5) is 0 Å². The van der Waals surface area contributed by atoms with E-state index in [1.54, 1.807) is 13.3 Å². The second kappa shape index (κ2) is 4.74. The Labute approximate surface area is 115 Å². The minimum absolute atomic E-state index is 0.302. The molecule has 4 heteroatoms. The van der Waals surface area contributed by atoms with Gasteiger partial charge in [-0.05, 0) is 30.3 Å². The summed E-state index contributed by atoms with van der Waals surface area (Å²) in [6, 6.07) is 15.0. The minimum Gasteiger partial charge on any atom is -0.497 e. The van der Waals surface area contributed by atoms with Crippen molar-refractivity contribution in [2.75, 3.05) is 7.11 Å². The fourth-order valence-corrected chi connectivity index (χ4v) is 2.31. The van der Waals surface area contributed by atoms with E-state index in [4.69, 9.17) is 4.74 Å². The van der Waals surface area contributed by atoms with Gasteiger partial charge in [0.15, 0.2) is 0 Å². The molecule has 0 saturated carbocycles. The molecule has 0 aliphatic rings. The number of nitrogens with zero attached hydrogens (tertiary/aromatic N) is 1. The SMILES string of the molecule is COc1ccc(-n2cc(C(=O)O)c3ccccc32)cc1. The first-order chi connectivity index (χ1) is 9.70. The number of aromatic carboxylic acids is 1. The van der Waals surface area contributed by atoms with Crippen LogP contribution in [0.5, 0.6) is 5.75 Å². The van der Waals surface area contributed by atoms with Crippen molar-refractivity contribution in [2.45, 2.75) is 0 Å². The highest BCUT2D eigenvalue weighted by Gasteiger charge is 2.14. The molecule has 0 spiro atoms. The second-order valence-corrected chi connectivity index (χ2v) is 4.43. The molecule has 3 aromatic rings. The van der Waals surface area contributed by atoms with Crippen LogP contribution >= 0.6 is 0 Å². The number of aromatic nitrogens is 1. The molecule has 0 atom stereocenters. The summed E-state index contributed by atoms with van der Waals surface area (Å²) in [7, 11) is 1.61. The first-order valence-corrected chi connectivity index (χ1v) is 6.18. The lowest BCUT2D eigenvalue weighted by atomic mass is 10.2. The number of para-hydroxylation sites is 1. The largest absolute Gasteiger partial charge is 0.497 e. The van der Waals surface area contributed by atoms with Crippen molar-refractivity contribution in [1.82, 2.24) is 4.57 Å². The number of methoxy groups -OCH3 is 1. The number of fused-ring (bicyclic) bond motifs is 1. The summed E-state index contributed by atoms with van der Waals surface area (Å²) in [4.78, 5) is 11.3. The van der Waals surface area contributed by atoms with Crippen LogP contribution in [-0.4, -0.2) is 22.8 Å². The summed E-state index contributed by atoms with van der Waals surface area (Å²) in [6.07, 6.45) is 1.65. The molecule has 0 bridgehead atoms. The normalized spacial score (nSPS) is 10.7. The highest BCUT2D eigenvalue weighted by molar-refractivity contribution is 6.04. The third kappa shape index (κ3) is 1.91. The number of carbonyl (C=O) groups is 1. The quantitative estimate of drug-likeness (QED) is 0.791. The summed E-state index contributed by atoms with van der Waals surface area (Å²) in [6.45, 7) is 0. The maximum absolute atomic E-state index is 11.3. The Balaban J connectivity index is 2.22. The lowest BCUT2D eigenvalue weighted by Gasteiger charge is -2.06. The zero-order valence-corrected chi connectivity index (χ0v) is 10.9. The van der Waals surface area contributed by atoms with E-state index in [0.717, 1.165) is 22.3 Å². The fraction of sp³-hybridized carbons (Fsp3) is 0.0625. The van der Waals surface area contributed by atoms with Crippen molar-refractivity contribution >= 4 is 16.9 Å². The number of carboxylic acids is 1. The zero-order chi connectivity index (χ0) is 14.1. The van der Waals surface area contributed by atoms with Crippen LogP contribution in [-0.2, 0) is 0 Å². The van der Waals surface area contributed by atoms with Crippen molar-refractivity contribution in [3.63, 3.8) is 0 Å². The molecular formula is C16H13NO3. The van der Waals surface area contributed by atoms with Gasteiger partial charge < -0.3 is 14.4 Å². The molecule has 0 aliphatic carbocycles. The summed E-state index contributed by atoms with van der Waals surface area (Å²) >= 11 is 0. The maximum Gasteiger partial charge on any atom is 0.337 e. The molecule has 0 amide bonds. The number of hydrogen-bond donors (Lipinski definition) is 1. The van der Waals surface area contributed by atoms with Crippen LogP contribution in [0.2, 0.25) is 0 Å². The first-order valence-electron chi connectivity index (χ1n) is 6.18. The molecule has 2 aromatic carbocycles. The van der Waals surface area contributed by atoms with E-state index in [2.05, 4.69) is 0 Å². The molecule has 20 heavy (non-hydrogen) atoms. The molecule has 1 N–H and O–H groups in total. The van der Waals surface area contributed by atoms with Gasteiger partial charge in [0, 0.05) is 17.3 Å². The van der Waals surface area contributed by atoms with Crippen molar-refractivity contribution in [1.29, 1.82) is 0 Å². The third-order valence-corrected chi connectivity index (χ3v) is 3.29. The number of benzene rings is 2. The molecule has 0 saturated heterocycles. The summed E-state index contributed by atoms with van der Waals surface area (Å²) < 4.78 is 7.01. The third-order valence-electron chi connectivity index (χ3n) is 3.29. The van der Waals surface area contributed by atoms with Gasteiger partial charge in [0.25, 0.3) is 0 Å². The molecule has 0 aliphatic heterocycles. The second-order valence-electron chi connectivity index (χ2n) is 4.43. The smallest absolute Gasteiger partial charge is 0.337 e. The Morgan fingerprint density at radius 1 is 1.10 bits per heavy atom. The monoisotopic (exact) mass is 267 g/mol. The average Bonchev–Trinajstić information content (AvgIpc) is 2.87. The Morgan fingerprint density at radius 3 is 2.45 bits per heavy atom. The molecular weight excluding hydrogens is 254 g/mol. The van der Waals surface area contributed by atoms with Crippen LogP contribution in [0.25, 0.3) is 16.6 Å². The summed E-state index contributed by atoms with van der Waals surface area (Å²) in [5, 5.41) is 10.0. The van der Waals surface area contributed by atoms with Crippen LogP contribution in [0.3, 0.4) is 0 Å². The molecule has 0 radical (unpaired) electrons. The number of rotatable bonds is 3. The lowest BCUT2D eigenvalue weighted by Crippen LogP contribution is -1.95. The molecule has 0 unspecified atom stereocenters. The molecule has 3 rings (SSSR count). The number of carboxylic acid groups (broad SMARTS) is 1. The Kier molecular flexibility index (Phi) is 2.91. The molecule has 1 heterocycles. The predicted octanol–water partition coefficient (Wildman–Crippen LogP) is 3.34. The highest BCUT2D eigenvalue weighted by atomic mass is 16.5. The van der Waals surface area contributed by atoms with Gasteiger partial charge in [0.05, 0.1) is 18.2 Å². The predicted molar refractivity (Wildman–Crippen MR) is 76.8 cm³/mol. The Hall–Kier alpha value is -2.75. The minimum atomic E-state index is -0.923. The van der Waals surface area contributed by atoms with Crippen LogP contribution < -0.4 is 4.74 Å². The molecule has 4 nitrogen and oxygen atoms in total. The van der Waals surface area contributed by atoms with Crippen LogP contribution in [0.1, 0.15) is 10.4 Å². The molecule has 100 valence electrons. The van der Waals surface area contributed by atoms with Gasteiger partial charge in [0.2, 0.25) is 0 Å². The molecule has 1 aromatic heterocycles. The van der Waals surface area contributed by atoms with Crippen molar-refractivity contribution in [3.05, 3.63) is 60.3 Å². The van der Waals surface area contributed by atoms with E-state index in [1.807, 2.05) is 53.1 Å². The summed E-state index contributed by atoms with van der Waals surface area (Å²) in [5.74, 6) is -0.155. The van der Waals surface area contributed by atoms with Gasteiger partial charge in [0.1, 0.15) is 5.75 Å². The topological polar surface area (TPSA) is 51.5 Å². The van der Waals surface area contributed by atoms with E-state index in [-0.39, 0.29) is 0 Å².